The Hall–Kier alpha value is -3.55. The van der Waals surface area contributed by atoms with Crippen molar-refractivity contribution in [2.45, 2.75) is 66.5 Å². The van der Waals surface area contributed by atoms with E-state index in [4.69, 9.17) is 4.74 Å². The standard InChI is InChI=1S/C30H40N4O4/c1-18(2)15-27(35)33-13-11-22(12-14-33)20(4)34-21(5)28(23-9-7-8-10-25(23)34)30(37)31-17-24-26(38-6)16-19(3)32-29(24)36/h7-10,16,18,20,22H,11-15,17H2,1-6H3,(H,31,37)(H,32,36)/t20-/m1/s1. The zero-order valence-corrected chi connectivity index (χ0v) is 23.4. The molecule has 2 N–H and O–H groups in total. The smallest absolute Gasteiger partial charge is 0.256 e. The molecule has 38 heavy (non-hydrogen) atoms. The third kappa shape index (κ3) is 5.49. The molecule has 1 aliphatic rings. The highest BCUT2D eigenvalue weighted by molar-refractivity contribution is 6.08. The predicted octanol–water partition coefficient (Wildman–Crippen LogP) is 4.73. The molecule has 8 heteroatoms. The van der Waals surface area contributed by atoms with Gasteiger partial charge in [0.15, 0.2) is 0 Å². The first-order chi connectivity index (χ1) is 18.1. The van der Waals surface area contributed by atoms with Gasteiger partial charge in [-0.1, -0.05) is 32.0 Å². The van der Waals surface area contributed by atoms with E-state index in [2.05, 4.69) is 41.7 Å². The lowest BCUT2D eigenvalue weighted by atomic mass is 9.89. The average molecular weight is 521 g/mol. The Morgan fingerprint density at radius 2 is 1.82 bits per heavy atom. The van der Waals surface area contributed by atoms with Gasteiger partial charge in [-0.15, -0.1) is 0 Å². The summed E-state index contributed by atoms with van der Waals surface area (Å²) in [5.41, 5.74) is 3.36. The summed E-state index contributed by atoms with van der Waals surface area (Å²) in [4.78, 5) is 43.4. The van der Waals surface area contributed by atoms with Crippen LogP contribution in [0, 0.1) is 25.7 Å². The molecule has 204 valence electrons. The number of aryl methyl sites for hydroxylation is 1. The van der Waals surface area contributed by atoms with E-state index < -0.39 is 0 Å². The fourth-order valence-corrected chi connectivity index (χ4v) is 5.82. The number of nitrogens with zero attached hydrogens (tertiary/aromatic N) is 2. The Kier molecular flexibility index (Phi) is 8.29. The lowest BCUT2D eigenvalue weighted by Crippen LogP contribution is -2.40. The first-order valence-corrected chi connectivity index (χ1v) is 13.5. The Labute approximate surface area is 224 Å². The summed E-state index contributed by atoms with van der Waals surface area (Å²) in [5.74, 6) is 1.25. The van der Waals surface area contributed by atoms with E-state index in [9.17, 15) is 14.4 Å². The molecular formula is C30H40N4O4. The van der Waals surface area contributed by atoms with Gasteiger partial charge in [-0.2, -0.15) is 0 Å². The number of H-pyrrole nitrogens is 1. The number of likely N-dealkylation sites (tertiary alicyclic amines) is 1. The highest BCUT2D eigenvalue weighted by atomic mass is 16.5. The number of piperidine rings is 1. The van der Waals surface area contributed by atoms with E-state index in [0.29, 0.717) is 40.8 Å². The van der Waals surface area contributed by atoms with Crippen molar-refractivity contribution in [3.05, 3.63) is 63.2 Å². The van der Waals surface area contributed by atoms with Crippen molar-refractivity contribution < 1.29 is 14.3 Å². The minimum absolute atomic E-state index is 0.0645. The van der Waals surface area contributed by atoms with Gasteiger partial charge < -0.3 is 24.5 Å². The van der Waals surface area contributed by atoms with Gasteiger partial charge in [0.1, 0.15) is 5.75 Å². The molecule has 3 aromatic rings. The van der Waals surface area contributed by atoms with Crippen LogP contribution in [0.5, 0.6) is 5.75 Å². The number of aromatic nitrogens is 2. The first-order valence-electron chi connectivity index (χ1n) is 13.5. The van der Waals surface area contributed by atoms with Crippen LogP contribution in [0.25, 0.3) is 10.9 Å². The summed E-state index contributed by atoms with van der Waals surface area (Å²) < 4.78 is 7.66. The Morgan fingerprint density at radius 1 is 1.13 bits per heavy atom. The Morgan fingerprint density at radius 3 is 2.47 bits per heavy atom. The van der Waals surface area contributed by atoms with Crippen LogP contribution in [0.1, 0.15) is 73.4 Å². The number of amides is 2. The molecule has 2 amide bonds. The number of ether oxygens (including phenoxy) is 1. The monoisotopic (exact) mass is 520 g/mol. The van der Waals surface area contributed by atoms with Gasteiger partial charge in [-0.05, 0) is 57.6 Å². The molecule has 0 unspecified atom stereocenters. The highest BCUT2D eigenvalue weighted by Crippen LogP contribution is 2.36. The maximum atomic E-state index is 13.5. The van der Waals surface area contributed by atoms with Gasteiger partial charge in [-0.25, -0.2) is 0 Å². The van der Waals surface area contributed by atoms with Crippen LogP contribution in [-0.2, 0) is 11.3 Å². The molecule has 0 saturated carbocycles. The summed E-state index contributed by atoms with van der Waals surface area (Å²) in [6.45, 7) is 11.8. The molecule has 4 rings (SSSR count). The third-order valence-corrected chi connectivity index (χ3v) is 7.82. The van der Waals surface area contributed by atoms with Gasteiger partial charge in [0.2, 0.25) is 5.91 Å². The van der Waals surface area contributed by atoms with Crippen LogP contribution >= 0.6 is 0 Å². The summed E-state index contributed by atoms with van der Waals surface area (Å²) in [6.07, 6.45) is 2.48. The number of pyridine rings is 1. The average Bonchev–Trinajstić information content (AvgIpc) is 3.18. The Balaban J connectivity index is 1.56. The normalized spacial score (nSPS) is 15.2. The molecule has 0 spiro atoms. The second kappa shape index (κ2) is 11.5. The van der Waals surface area contributed by atoms with Crippen molar-refractivity contribution in [2.75, 3.05) is 20.2 Å². The topological polar surface area (TPSA) is 96.4 Å². The SMILES string of the molecule is COc1cc(C)[nH]c(=O)c1CNC(=O)c1c(C)n([C@H](C)C2CCN(C(=O)CC(C)C)CC2)c2ccccc12. The van der Waals surface area contributed by atoms with Gasteiger partial charge in [0.05, 0.1) is 24.8 Å². The van der Waals surface area contributed by atoms with Crippen molar-refractivity contribution in [1.29, 1.82) is 0 Å². The highest BCUT2D eigenvalue weighted by Gasteiger charge is 2.30. The maximum Gasteiger partial charge on any atom is 0.256 e. The van der Waals surface area contributed by atoms with Gasteiger partial charge >= 0.3 is 0 Å². The predicted molar refractivity (Wildman–Crippen MR) is 150 cm³/mol. The van der Waals surface area contributed by atoms with E-state index in [0.717, 1.165) is 42.5 Å². The number of fused-ring (bicyclic) bond motifs is 1. The van der Waals surface area contributed by atoms with Gasteiger partial charge in [0.25, 0.3) is 11.5 Å². The number of nitrogens with one attached hydrogen (secondary N) is 2. The third-order valence-electron chi connectivity index (χ3n) is 7.82. The fraction of sp³-hybridized carbons (Fsp3) is 0.500. The van der Waals surface area contributed by atoms with Crippen LogP contribution in [0.3, 0.4) is 0 Å². The first kappa shape index (κ1) is 27.5. The molecule has 1 aromatic carbocycles. The summed E-state index contributed by atoms with van der Waals surface area (Å²) in [7, 11) is 1.52. The van der Waals surface area contributed by atoms with Crippen molar-refractivity contribution in [2.24, 2.45) is 11.8 Å². The number of rotatable bonds is 8. The number of carbonyl (C=O) groups excluding carboxylic acids is 2. The molecule has 3 heterocycles. The minimum atomic E-state index is -0.270. The molecule has 1 atom stereocenters. The number of hydrogen-bond donors (Lipinski definition) is 2. The molecule has 0 radical (unpaired) electrons. The van der Waals surface area contributed by atoms with Crippen LogP contribution in [0.15, 0.2) is 35.1 Å². The molecule has 1 saturated heterocycles. The summed E-state index contributed by atoms with van der Waals surface area (Å²) in [5, 5.41) is 3.84. The number of hydrogen-bond acceptors (Lipinski definition) is 4. The van der Waals surface area contributed by atoms with E-state index in [1.54, 1.807) is 13.0 Å². The second-order valence-corrected chi connectivity index (χ2v) is 10.9. The van der Waals surface area contributed by atoms with E-state index >= 15 is 0 Å². The number of benzene rings is 1. The summed E-state index contributed by atoms with van der Waals surface area (Å²) in [6, 6.07) is 9.90. The van der Waals surface area contributed by atoms with E-state index in [-0.39, 0.29) is 30.0 Å². The summed E-state index contributed by atoms with van der Waals surface area (Å²) >= 11 is 0. The van der Waals surface area contributed by atoms with Crippen molar-refractivity contribution in [3.8, 4) is 5.75 Å². The van der Waals surface area contributed by atoms with E-state index in [1.165, 1.54) is 7.11 Å². The van der Waals surface area contributed by atoms with Crippen LogP contribution in [0.2, 0.25) is 0 Å². The van der Waals surface area contributed by atoms with Crippen LogP contribution < -0.4 is 15.6 Å². The molecule has 1 aliphatic heterocycles. The van der Waals surface area contributed by atoms with Crippen molar-refractivity contribution in [1.82, 2.24) is 19.8 Å². The van der Waals surface area contributed by atoms with Crippen molar-refractivity contribution >= 4 is 22.7 Å². The number of carbonyl (C=O) groups is 2. The van der Waals surface area contributed by atoms with Crippen LogP contribution in [0.4, 0.5) is 0 Å². The lowest BCUT2D eigenvalue weighted by Gasteiger charge is -2.36. The number of para-hydroxylation sites is 1. The largest absolute Gasteiger partial charge is 0.496 e. The van der Waals surface area contributed by atoms with Crippen LogP contribution in [-0.4, -0.2) is 46.5 Å². The minimum Gasteiger partial charge on any atom is -0.496 e. The molecule has 0 bridgehead atoms. The van der Waals surface area contributed by atoms with Gasteiger partial charge in [0, 0.05) is 47.8 Å². The molecule has 0 aliphatic carbocycles. The quantitative estimate of drug-likeness (QED) is 0.449. The molecule has 8 nitrogen and oxygen atoms in total. The number of methoxy groups -OCH3 is 1. The maximum absolute atomic E-state index is 13.5. The zero-order valence-electron chi connectivity index (χ0n) is 23.4. The van der Waals surface area contributed by atoms with Crippen molar-refractivity contribution in [3.63, 3.8) is 0 Å². The fourth-order valence-electron chi connectivity index (χ4n) is 5.82. The molecule has 2 aromatic heterocycles. The Bertz CT molecular complexity index is 1380. The molecular weight excluding hydrogens is 480 g/mol. The molecule has 1 fully saturated rings. The number of aromatic amines is 1. The lowest BCUT2D eigenvalue weighted by molar-refractivity contribution is -0.133. The zero-order chi connectivity index (χ0) is 27.6. The second-order valence-electron chi connectivity index (χ2n) is 10.9. The van der Waals surface area contributed by atoms with E-state index in [1.807, 2.05) is 30.0 Å². The van der Waals surface area contributed by atoms with Gasteiger partial charge in [-0.3, -0.25) is 14.4 Å².